The molecule has 2 aliphatic heterocycles. The third kappa shape index (κ3) is 5.39. The van der Waals surface area contributed by atoms with Gasteiger partial charge in [0, 0.05) is 17.1 Å². The second kappa shape index (κ2) is 11.4. The lowest BCUT2D eigenvalue weighted by Crippen LogP contribution is -2.71. The molecule has 1 aromatic heterocycles. The number of aryl methyl sites for hydroxylation is 1. The average molecular weight is 584 g/mol. The number of carbonyl (C=O) groups excluding carboxylic acids is 2. The summed E-state index contributed by atoms with van der Waals surface area (Å²) in [5, 5.41) is 28.7. The van der Waals surface area contributed by atoms with E-state index in [1.54, 1.807) is 42.5 Å². The van der Waals surface area contributed by atoms with E-state index in [1.165, 1.54) is 50.7 Å². The summed E-state index contributed by atoms with van der Waals surface area (Å²) >= 11 is 4.20. The maximum Gasteiger partial charge on any atom is 0.352 e. The van der Waals surface area contributed by atoms with Gasteiger partial charge < -0.3 is 20.8 Å². The molecule has 2 aromatic carbocycles. The maximum absolute atomic E-state index is 13.8. The van der Waals surface area contributed by atoms with Crippen LogP contribution >= 0.6 is 34.9 Å². The molecule has 4 N–H and O–H groups in total. The topological polar surface area (TPSA) is 150 Å². The maximum atomic E-state index is 13.8. The third-order valence-electron chi connectivity index (χ3n) is 6.47. The zero-order valence-electron chi connectivity index (χ0n) is 20.8. The molecule has 3 heterocycles. The summed E-state index contributed by atoms with van der Waals surface area (Å²) in [6.07, 6.45) is 0. The number of hydrogen-bond acceptors (Lipinski definition) is 10. The second-order valence-electron chi connectivity index (χ2n) is 8.97. The van der Waals surface area contributed by atoms with Crippen molar-refractivity contribution in [2.45, 2.75) is 35.3 Å². The van der Waals surface area contributed by atoms with Crippen molar-refractivity contribution in [3.8, 4) is 5.75 Å². The Kier molecular flexibility index (Phi) is 7.93. The molecular formula is C26H25N5O5S3. The monoisotopic (exact) mass is 583 g/mol. The van der Waals surface area contributed by atoms with Crippen molar-refractivity contribution in [1.29, 1.82) is 0 Å². The highest BCUT2D eigenvalue weighted by Crippen LogP contribution is 2.44. The molecule has 13 heteroatoms. The number of amides is 2. The average Bonchev–Trinajstić information content (AvgIpc) is 3.36. The minimum Gasteiger partial charge on any atom is -0.508 e. The Morgan fingerprint density at radius 1 is 1.18 bits per heavy atom. The van der Waals surface area contributed by atoms with Crippen molar-refractivity contribution in [3.05, 3.63) is 82.0 Å². The highest BCUT2D eigenvalue weighted by atomic mass is 32.2. The van der Waals surface area contributed by atoms with E-state index in [0.717, 1.165) is 9.35 Å². The molecule has 39 heavy (non-hydrogen) atoms. The number of fused-ring (bicyclic) bond motifs is 1. The van der Waals surface area contributed by atoms with Crippen LogP contribution in [0.25, 0.3) is 0 Å². The van der Waals surface area contributed by atoms with Gasteiger partial charge in [-0.3, -0.25) is 14.5 Å². The van der Waals surface area contributed by atoms with Gasteiger partial charge >= 0.3 is 5.97 Å². The lowest BCUT2D eigenvalue weighted by Gasteiger charge is -2.53. The Bertz CT molecular complexity index is 1450. The molecule has 1 unspecified atom stereocenters. The van der Waals surface area contributed by atoms with Gasteiger partial charge in [-0.05, 0) is 24.1 Å². The molecule has 0 aliphatic carbocycles. The van der Waals surface area contributed by atoms with E-state index >= 15 is 0 Å². The summed E-state index contributed by atoms with van der Waals surface area (Å²) < 4.78 is 0.721. The summed E-state index contributed by atoms with van der Waals surface area (Å²) in [7, 11) is 0. The Labute approximate surface area is 236 Å². The zero-order valence-corrected chi connectivity index (χ0v) is 23.2. The van der Waals surface area contributed by atoms with Crippen molar-refractivity contribution in [2.24, 2.45) is 5.73 Å². The molecule has 0 bridgehead atoms. The lowest BCUT2D eigenvalue weighted by atomic mass is 9.98. The van der Waals surface area contributed by atoms with Gasteiger partial charge in [0.15, 0.2) is 4.34 Å². The summed E-state index contributed by atoms with van der Waals surface area (Å²) in [6, 6.07) is 13.4. The summed E-state index contributed by atoms with van der Waals surface area (Å²) in [6.45, 7) is 1.79. The van der Waals surface area contributed by atoms with E-state index in [2.05, 4.69) is 10.2 Å². The van der Waals surface area contributed by atoms with Crippen molar-refractivity contribution < 1.29 is 24.6 Å². The number of aromatic nitrogens is 2. The van der Waals surface area contributed by atoms with Gasteiger partial charge in [-0.25, -0.2) is 4.79 Å². The van der Waals surface area contributed by atoms with Crippen LogP contribution in [0.5, 0.6) is 5.75 Å². The molecule has 3 atom stereocenters. The molecular weight excluding hydrogens is 559 g/mol. The van der Waals surface area contributed by atoms with Gasteiger partial charge in [-0.2, -0.15) is 0 Å². The highest BCUT2D eigenvalue weighted by molar-refractivity contribution is 8.01. The number of thioether (sulfide) groups is 2. The minimum atomic E-state index is -1.20. The van der Waals surface area contributed by atoms with Gasteiger partial charge in [0.1, 0.15) is 33.9 Å². The largest absolute Gasteiger partial charge is 0.508 e. The fourth-order valence-electron chi connectivity index (χ4n) is 4.54. The van der Waals surface area contributed by atoms with Crippen molar-refractivity contribution >= 4 is 52.6 Å². The number of phenols is 1. The van der Waals surface area contributed by atoms with E-state index in [-0.39, 0.29) is 18.0 Å². The Balaban J connectivity index is 1.43. The van der Waals surface area contributed by atoms with Crippen LogP contribution in [-0.4, -0.2) is 70.9 Å². The van der Waals surface area contributed by atoms with E-state index in [0.29, 0.717) is 28.2 Å². The number of carboxylic acid groups (broad SMARTS) is 1. The number of aromatic hydroxyl groups is 1. The fraction of sp³-hybridized carbons (Fsp3) is 0.269. The van der Waals surface area contributed by atoms with E-state index in [9.17, 15) is 24.6 Å². The van der Waals surface area contributed by atoms with Crippen LogP contribution in [0.2, 0.25) is 0 Å². The lowest BCUT2D eigenvalue weighted by molar-refractivity contribution is -0.161. The van der Waals surface area contributed by atoms with Gasteiger partial charge in [0.2, 0.25) is 5.91 Å². The molecule has 5 rings (SSSR count). The van der Waals surface area contributed by atoms with Gasteiger partial charge in [-0.15, -0.1) is 22.0 Å². The van der Waals surface area contributed by atoms with Crippen molar-refractivity contribution in [2.75, 3.05) is 11.5 Å². The number of benzene rings is 2. The van der Waals surface area contributed by atoms with E-state index in [1.807, 2.05) is 13.0 Å². The molecule has 0 saturated carbocycles. The molecule has 2 aliphatic rings. The number of carbonyl (C=O) groups is 3. The zero-order chi connectivity index (χ0) is 27.7. The molecule has 2 amide bonds. The summed E-state index contributed by atoms with van der Waals surface area (Å²) in [5.74, 6) is -1.47. The van der Waals surface area contributed by atoms with Crippen LogP contribution in [0.4, 0.5) is 0 Å². The first-order chi connectivity index (χ1) is 18.8. The number of carboxylic acids is 1. The smallest absolute Gasteiger partial charge is 0.352 e. The van der Waals surface area contributed by atoms with Gasteiger partial charge in [0.05, 0.1) is 6.54 Å². The summed E-state index contributed by atoms with van der Waals surface area (Å²) in [5.41, 5.74) is 7.94. The number of rotatable bonds is 9. The van der Waals surface area contributed by atoms with Crippen LogP contribution in [-0.2, 0) is 20.9 Å². The molecule has 0 spiro atoms. The first kappa shape index (κ1) is 27.2. The number of β-lactam (4-membered cyclic amide) rings is 1. The first-order valence-electron chi connectivity index (χ1n) is 12.0. The van der Waals surface area contributed by atoms with Crippen LogP contribution in [0.1, 0.15) is 22.2 Å². The normalized spacial score (nSPS) is 19.3. The molecule has 0 radical (unpaired) electrons. The SMILES string of the molecule is Cc1nnc(SCC2=C(C(=O)O)N3C(=O)C(N(Cc4ccccc4O)C(=O)[C@H](N)c4ccccc4)[C@H]3SC2)s1. The molecule has 3 aromatic rings. The summed E-state index contributed by atoms with van der Waals surface area (Å²) in [4.78, 5) is 42.3. The Hall–Kier alpha value is -3.39. The van der Waals surface area contributed by atoms with Gasteiger partial charge in [-0.1, -0.05) is 71.6 Å². The van der Waals surface area contributed by atoms with Crippen molar-refractivity contribution in [1.82, 2.24) is 20.0 Å². The molecule has 10 nitrogen and oxygen atoms in total. The van der Waals surface area contributed by atoms with Crippen LogP contribution < -0.4 is 5.73 Å². The molecule has 1 saturated heterocycles. The van der Waals surface area contributed by atoms with E-state index < -0.39 is 35.2 Å². The molecule has 202 valence electrons. The standard InChI is InChI=1S/C26H25N5O5S3/c1-14-28-29-26(39-14)38-13-17-12-37-24-21(23(34)31(24)20(17)25(35)36)30(11-16-9-5-6-10-18(16)32)22(33)19(27)15-7-3-2-4-8-15/h2-10,19,21,24,32H,11-13,27H2,1H3,(H,35,36)/t19-,21?,24-/m1/s1. The predicted molar refractivity (Wildman–Crippen MR) is 149 cm³/mol. The highest BCUT2D eigenvalue weighted by Gasteiger charge is 2.57. The Morgan fingerprint density at radius 2 is 1.90 bits per heavy atom. The fourth-order valence-corrected chi connectivity index (χ4v) is 7.91. The van der Waals surface area contributed by atoms with Crippen LogP contribution in [0.3, 0.4) is 0 Å². The first-order valence-corrected chi connectivity index (χ1v) is 14.8. The number of hydrogen-bond donors (Lipinski definition) is 3. The van der Waals surface area contributed by atoms with Crippen molar-refractivity contribution in [3.63, 3.8) is 0 Å². The van der Waals surface area contributed by atoms with Crippen LogP contribution in [0.15, 0.2) is 70.2 Å². The second-order valence-corrected chi connectivity index (χ2v) is 12.5. The number of nitrogens with zero attached hydrogens (tertiary/aromatic N) is 4. The van der Waals surface area contributed by atoms with Crippen LogP contribution in [0, 0.1) is 6.92 Å². The number of nitrogens with two attached hydrogens (primary N) is 1. The van der Waals surface area contributed by atoms with E-state index in [4.69, 9.17) is 5.73 Å². The molecule has 1 fully saturated rings. The number of phenolic OH excluding ortho intramolecular Hbond substituents is 1. The minimum absolute atomic E-state index is 0.0131. The number of para-hydroxylation sites is 1. The third-order valence-corrected chi connectivity index (χ3v) is 9.86. The predicted octanol–water partition coefficient (Wildman–Crippen LogP) is 3.00. The quantitative estimate of drug-likeness (QED) is 0.253. The Morgan fingerprint density at radius 3 is 2.56 bits per heavy atom. The van der Waals surface area contributed by atoms with Gasteiger partial charge in [0.25, 0.3) is 5.91 Å². The number of aliphatic carboxylic acids is 1.